The van der Waals surface area contributed by atoms with Crippen molar-refractivity contribution in [1.82, 2.24) is 4.98 Å². The van der Waals surface area contributed by atoms with E-state index in [1.165, 1.54) is 0 Å². The third kappa shape index (κ3) is 4.44. The lowest BCUT2D eigenvalue weighted by Gasteiger charge is -2.11. The van der Waals surface area contributed by atoms with Crippen LogP contribution in [0.2, 0.25) is 0 Å². The molecule has 0 fully saturated rings. The maximum absolute atomic E-state index is 12.5. The average molecular weight is 332 g/mol. The number of hydrogen-bond donors (Lipinski definition) is 1. The highest BCUT2D eigenvalue weighted by atomic mass is 16.5. The first-order chi connectivity index (χ1) is 12.3. The molecule has 4 nitrogen and oxygen atoms in total. The maximum atomic E-state index is 12.5. The molecule has 0 aliphatic carbocycles. The molecule has 1 N–H and O–H groups in total. The molecule has 4 heteroatoms. The lowest BCUT2D eigenvalue weighted by Crippen LogP contribution is -2.13. The zero-order valence-electron chi connectivity index (χ0n) is 14.1. The quantitative estimate of drug-likeness (QED) is 0.738. The van der Waals surface area contributed by atoms with Crippen LogP contribution >= 0.6 is 0 Å². The second kappa shape index (κ2) is 8.11. The Morgan fingerprint density at radius 2 is 1.72 bits per heavy atom. The molecule has 2 aromatic carbocycles. The highest BCUT2D eigenvalue weighted by Gasteiger charge is 2.09. The van der Waals surface area contributed by atoms with Gasteiger partial charge >= 0.3 is 0 Å². The summed E-state index contributed by atoms with van der Waals surface area (Å²) >= 11 is 0. The summed E-state index contributed by atoms with van der Waals surface area (Å²) in [6.07, 6.45) is 3.44. The lowest BCUT2D eigenvalue weighted by molar-refractivity contribution is 0.102. The van der Waals surface area contributed by atoms with Crippen LogP contribution in [-0.2, 0) is 12.8 Å². The maximum Gasteiger partial charge on any atom is 0.255 e. The summed E-state index contributed by atoms with van der Waals surface area (Å²) in [5, 5.41) is 3.00. The predicted octanol–water partition coefficient (Wildman–Crippen LogP) is 4.13. The second-order valence-corrected chi connectivity index (χ2v) is 5.66. The van der Waals surface area contributed by atoms with E-state index in [9.17, 15) is 4.79 Å². The molecule has 0 saturated carbocycles. The Kier molecular flexibility index (Phi) is 5.42. The van der Waals surface area contributed by atoms with Crippen molar-refractivity contribution >= 4 is 11.6 Å². The van der Waals surface area contributed by atoms with Crippen molar-refractivity contribution in [3.63, 3.8) is 0 Å². The van der Waals surface area contributed by atoms with Crippen molar-refractivity contribution in [2.75, 3.05) is 12.4 Å². The van der Waals surface area contributed by atoms with Crippen molar-refractivity contribution < 1.29 is 9.53 Å². The smallest absolute Gasteiger partial charge is 0.255 e. The minimum absolute atomic E-state index is 0.132. The molecular formula is C21H20N2O2. The van der Waals surface area contributed by atoms with Crippen LogP contribution in [0.15, 0.2) is 72.9 Å². The SMILES string of the molecule is COc1ccc(C(=O)Nc2ccccc2CCc2ccccn2)cc1. The molecule has 126 valence electrons. The van der Waals surface area contributed by atoms with Gasteiger partial charge in [0.05, 0.1) is 7.11 Å². The van der Waals surface area contributed by atoms with Gasteiger partial charge in [-0.15, -0.1) is 0 Å². The first-order valence-electron chi connectivity index (χ1n) is 8.19. The molecule has 25 heavy (non-hydrogen) atoms. The van der Waals surface area contributed by atoms with Crippen LogP contribution in [0.25, 0.3) is 0 Å². The number of amides is 1. The van der Waals surface area contributed by atoms with Gasteiger partial charge in [0.2, 0.25) is 0 Å². The van der Waals surface area contributed by atoms with Gasteiger partial charge in [0.1, 0.15) is 5.75 Å². The fourth-order valence-electron chi connectivity index (χ4n) is 2.61. The lowest BCUT2D eigenvalue weighted by atomic mass is 10.1. The Balaban J connectivity index is 1.70. The van der Waals surface area contributed by atoms with Gasteiger partial charge in [0.25, 0.3) is 5.91 Å². The Hall–Kier alpha value is -3.14. The number of methoxy groups -OCH3 is 1. The standard InChI is InChI=1S/C21H20N2O2/c1-25-19-13-10-17(11-14-19)21(24)23-20-8-3-2-6-16(20)9-12-18-7-4-5-15-22-18/h2-8,10-11,13-15H,9,12H2,1H3,(H,23,24). The number of pyridine rings is 1. The topological polar surface area (TPSA) is 51.2 Å². The number of nitrogens with zero attached hydrogens (tertiary/aromatic N) is 1. The van der Waals surface area contributed by atoms with Crippen molar-refractivity contribution in [3.8, 4) is 5.75 Å². The number of anilines is 1. The van der Waals surface area contributed by atoms with E-state index in [1.807, 2.05) is 42.5 Å². The van der Waals surface area contributed by atoms with Gasteiger partial charge in [-0.3, -0.25) is 9.78 Å². The van der Waals surface area contributed by atoms with E-state index in [2.05, 4.69) is 10.3 Å². The number of aromatic nitrogens is 1. The van der Waals surface area contributed by atoms with Crippen LogP contribution in [0, 0.1) is 0 Å². The minimum atomic E-state index is -0.132. The van der Waals surface area contributed by atoms with Crippen LogP contribution in [-0.4, -0.2) is 18.0 Å². The van der Waals surface area contributed by atoms with Crippen molar-refractivity contribution in [2.24, 2.45) is 0 Å². The molecule has 0 aliphatic rings. The fraction of sp³-hybridized carbons (Fsp3) is 0.143. The largest absolute Gasteiger partial charge is 0.497 e. The van der Waals surface area contributed by atoms with Crippen LogP contribution < -0.4 is 10.1 Å². The number of benzene rings is 2. The summed E-state index contributed by atoms with van der Waals surface area (Å²) < 4.78 is 5.12. The highest BCUT2D eigenvalue weighted by molar-refractivity contribution is 6.04. The number of carbonyl (C=O) groups excluding carboxylic acids is 1. The first-order valence-corrected chi connectivity index (χ1v) is 8.19. The summed E-state index contributed by atoms with van der Waals surface area (Å²) in [6.45, 7) is 0. The number of aryl methyl sites for hydroxylation is 2. The van der Waals surface area contributed by atoms with Gasteiger partial charge < -0.3 is 10.1 Å². The van der Waals surface area contributed by atoms with E-state index in [0.29, 0.717) is 5.56 Å². The van der Waals surface area contributed by atoms with Gasteiger partial charge in [0.15, 0.2) is 0 Å². The number of para-hydroxylation sites is 1. The second-order valence-electron chi connectivity index (χ2n) is 5.66. The first kappa shape index (κ1) is 16.7. The van der Waals surface area contributed by atoms with Gasteiger partial charge in [-0.1, -0.05) is 24.3 Å². The summed E-state index contributed by atoms with van der Waals surface area (Å²) in [5.41, 5.74) is 3.56. The molecular weight excluding hydrogens is 312 g/mol. The Labute approximate surface area is 147 Å². The monoisotopic (exact) mass is 332 g/mol. The molecule has 0 radical (unpaired) electrons. The molecule has 1 aromatic heterocycles. The van der Waals surface area contributed by atoms with Crippen LogP contribution in [0.1, 0.15) is 21.6 Å². The van der Waals surface area contributed by atoms with E-state index >= 15 is 0 Å². The van der Waals surface area contributed by atoms with E-state index in [4.69, 9.17) is 4.74 Å². The van der Waals surface area contributed by atoms with Gasteiger partial charge in [0, 0.05) is 23.1 Å². The number of nitrogens with one attached hydrogen (secondary N) is 1. The zero-order valence-corrected chi connectivity index (χ0v) is 14.1. The zero-order chi connectivity index (χ0) is 17.5. The van der Waals surface area contributed by atoms with E-state index in [0.717, 1.165) is 35.5 Å². The predicted molar refractivity (Wildman–Crippen MR) is 99.0 cm³/mol. The molecule has 3 rings (SSSR count). The summed E-state index contributed by atoms with van der Waals surface area (Å²) in [6, 6.07) is 20.8. The molecule has 3 aromatic rings. The molecule has 0 bridgehead atoms. The van der Waals surface area contributed by atoms with Crippen LogP contribution in [0.3, 0.4) is 0 Å². The Bertz CT molecular complexity index is 830. The third-order valence-electron chi connectivity index (χ3n) is 3.99. The van der Waals surface area contributed by atoms with E-state index in [-0.39, 0.29) is 5.91 Å². The van der Waals surface area contributed by atoms with E-state index < -0.39 is 0 Å². The summed E-state index contributed by atoms with van der Waals surface area (Å²) in [4.78, 5) is 16.8. The minimum Gasteiger partial charge on any atom is -0.497 e. The van der Waals surface area contributed by atoms with Crippen LogP contribution in [0.5, 0.6) is 5.75 Å². The van der Waals surface area contributed by atoms with Gasteiger partial charge in [-0.25, -0.2) is 0 Å². The molecule has 1 heterocycles. The number of ether oxygens (including phenoxy) is 1. The molecule has 0 unspecified atom stereocenters. The van der Waals surface area contributed by atoms with E-state index in [1.54, 1.807) is 37.6 Å². The average Bonchev–Trinajstić information content (AvgIpc) is 2.68. The molecule has 0 aliphatic heterocycles. The third-order valence-corrected chi connectivity index (χ3v) is 3.99. The summed E-state index contributed by atoms with van der Waals surface area (Å²) in [5.74, 6) is 0.597. The molecule has 0 atom stereocenters. The number of carbonyl (C=O) groups is 1. The van der Waals surface area contributed by atoms with Crippen molar-refractivity contribution in [2.45, 2.75) is 12.8 Å². The van der Waals surface area contributed by atoms with Crippen molar-refractivity contribution in [3.05, 3.63) is 89.7 Å². The Morgan fingerprint density at radius 1 is 0.960 bits per heavy atom. The van der Waals surface area contributed by atoms with Gasteiger partial charge in [-0.2, -0.15) is 0 Å². The fourth-order valence-corrected chi connectivity index (χ4v) is 2.61. The van der Waals surface area contributed by atoms with Crippen molar-refractivity contribution in [1.29, 1.82) is 0 Å². The normalized spacial score (nSPS) is 10.3. The van der Waals surface area contributed by atoms with Crippen LogP contribution in [0.4, 0.5) is 5.69 Å². The Morgan fingerprint density at radius 3 is 2.44 bits per heavy atom. The molecule has 0 spiro atoms. The number of rotatable bonds is 6. The highest BCUT2D eigenvalue weighted by Crippen LogP contribution is 2.19. The molecule has 0 saturated heterocycles. The van der Waals surface area contributed by atoms with Gasteiger partial charge in [-0.05, 0) is 60.9 Å². The number of hydrogen-bond acceptors (Lipinski definition) is 3. The summed E-state index contributed by atoms with van der Waals surface area (Å²) in [7, 11) is 1.60. The molecule has 1 amide bonds.